The Morgan fingerprint density at radius 2 is 1.55 bits per heavy atom. The molecule has 1 amide bonds. The molecule has 0 unspecified atom stereocenters. The summed E-state index contributed by atoms with van der Waals surface area (Å²) in [5.74, 6) is -0.0465. The van der Waals surface area contributed by atoms with Crippen LogP contribution in [0.2, 0.25) is 5.02 Å². The third-order valence-electron chi connectivity index (χ3n) is 5.66. The second kappa shape index (κ2) is 8.36. The Balaban J connectivity index is 1.97. The summed E-state index contributed by atoms with van der Waals surface area (Å²) in [5.41, 5.74) is 5.14. The van der Waals surface area contributed by atoms with Gasteiger partial charge in [0.1, 0.15) is 11.3 Å². The van der Waals surface area contributed by atoms with E-state index in [4.69, 9.17) is 16.1 Å². The molecule has 1 aromatic heterocycles. The van der Waals surface area contributed by atoms with Gasteiger partial charge in [-0.2, -0.15) is 0 Å². The van der Waals surface area contributed by atoms with Gasteiger partial charge in [-0.3, -0.25) is 9.52 Å². The van der Waals surface area contributed by atoms with Crippen LogP contribution in [0.1, 0.15) is 43.9 Å². The summed E-state index contributed by atoms with van der Waals surface area (Å²) in [6.45, 7) is 11.0. The van der Waals surface area contributed by atoms with E-state index in [-0.39, 0.29) is 21.2 Å². The van der Waals surface area contributed by atoms with Gasteiger partial charge in [-0.1, -0.05) is 16.8 Å². The molecule has 0 bridgehead atoms. The van der Waals surface area contributed by atoms with Gasteiger partial charge in [0, 0.05) is 5.69 Å². The lowest BCUT2D eigenvalue weighted by molar-refractivity contribution is 0.102. The minimum atomic E-state index is -3.93. The molecule has 7 nitrogen and oxygen atoms in total. The third kappa shape index (κ3) is 4.31. The molecule has 3 rings (SSSR count). The first-order valence-electron chi connectivity index (χ1n) is 9.56. The number of aromatic nitrogens is 1. The molecular weight excluding hydrogens is 438 g/mol. The quantitative estimate of drug-likeness (QED) is 0.541. The van der Waals surface area contributed by atoms with Crippen molar-refractivity contribution in [2.75, 3.05) is 10.0 Å². The van der Waals surface area contributed by atoms with Gasteiger partial charge in [-0.25, -0.2) is 8.42 Å². The SMILES string of the molecule is Cc1oncc1C(=O)Nc1ccc(Cl)c(NS(=O)(=O)c2c(C)c(C)c(C)c(C)c2C)c1. The first-order chi connectivity index (χ1) is 14.4. The van der Waals surface area contributed by atoms with Crippen molar-refractivity contribution in [2.24, 2.45) is 0 Å². The molecule has 0 atom stereocenters. The first-order valence-corrected chi connectivity index (χ1v) is 11.4. The molecule has 0 spiro atoms. The van der Waals surface area contributed by atoms with Crippen molar-refractivity contribution in [3.8, 4) is 0 Å². The highest BCUT2D eigenvalue weighted by atomic mass is 35.5. The molecule has 0 aliphatic heterocycles. The standard InChI is InChI=1S/C22H24ClN3O4S/c1-11-12(2)14(4)21(15(5)13(11)3)31(28,29)26-20-9-17(7-8-19(20)23)25-22(27)18-10-24-30-16(18)6/h7-10,26H,1-6H3,(H,25,27). The van der Waals surface area contributed by atoms with Crippen molar-refractivity contribution in [1.82, 2.24) is 5.16 Å². The molecule has 0 radical (unpaired) electrons. The number of halogens is 1. The molecule has 0 saturated carbocycles. The van der Waals surface area contributed by atoms with E-state index in [9.17, 15) is 13.2 Å². The summed E-state index contributed by atoms with van der Waals surface area (Å²) < 4.78 is 34.1. The van der Waals surface area contributed by atoms with Crippen molar-refractivity contribution < 1.29 is 17.7 Å². The molecule has 164 valence electrons. The van der Waals surface area contributed by atoms with Crippen molar-refractivity contribution in [3.05, 3.63) is 68.6 Å². The number of amides is 1. The number of nitrogens with one attached hydrogen (secondary N) is 2. The molecule has 0 aliphatic rings. The number of benzene rings is 2. The predicted octanol–water partition coefficient (Wildman–Crippen LogP) is 5.23. The van der Waals surface area contributed by atoms with E-state index in [1.807, 2.05) is 20.8 Å². The van der Waals surface area contributed by atoms with E-state index in [0.717, 1.165) is 16.7 Å². The second-order valence-electron chi connectivity index (χ2n) is 7.50. The van der Waals surface area contributed by atoms with Crippen LogP contribution in [0, 0.1) is 41.5 Å². The zero-order valence-electron chi connectivity index (χ0n) is 18.2. The molecule has 0 aliphatic carbocycles. The fraction of sp³-hybridized carbons (Fsp3) is 0.273. The Hall–Kier alpha value is -2.84. The largest absolute Gasteiger partial charge is 0.361 e. The van der Waals surface area contributed by atoms with Crippen LogP contribution >= 0.6 is 11.6 Å². The second-order valence-corrected chi connectivity index (χ2v) is 9.53. The summed E-state index contributed by atoms with van der Waals surface area (Å²) in [7, 11) is -3.93. The van der Waals surface area contributed by atoms with Gasteiger partial charge >= 0.3 is 0 Å². The molecule has 9 heteroatoms. The normalized spacial score (nSPS) is 11.5. The maximum absolute atomic E-state index is 13.3. The lowest BCUT2D eigenvalue weighted by atomic mass is 9.95. The topological polar surface area (TPSA) is 101 Å². The van der Waals surface area contributed by atoms with Gasteiger partial charge in [0.2, 0.25) is 0 Å². The number of anilines is 2. The summed E-state index contributed by atoms with van der Waals surface area (Å²) in [4.78, 5) is 12.6. The van der Waals surface area contributed by atoms with Crippen molar-refractivity contribution in [3.63, 3.8) is 0 Å². The Morgan fingerprint density at radius 1 is 0.968 bits per heavy atom. The van der Waals surface area contributed by atoms with Crippen LogP contribution in [0.5, 0.6) is 0 Å². The smallest absolute Gasteiger partial charge is 0.262 e. The minimum absolute atomic E-state index is 0.163. The van der Waals surface area contributed by atoms with Crippen LogP contribution in [0.15, 0.2) is 33.8 Å². The van der Waals surface area contributed by atoms with Crippen LogP contribution in [0.25, 0.3) is 0 Å². The molecule has 2 aromatic carbocycles. The number of rotatable bonds is 5. The van der Waals surface area contributed by atoms with E-state index in [2.05, 4.69) is 15.2 Å². The minimum Gasteiger partial charge on any atom is -0.361 e. The lowest BCUT2D eigenvalue weighted by Crippen LogP contribution is -2.18. The van der Waals surface area contributed by atoms with Crippen LogP contribution in [0.4, 0.5) is 11.4 Å². The van der Waals surface area contributed by atoms with Gasteiger partial charge in [-0.05, 0) is 87.6 Å². The van der Waals surface area contributed by atoms with Crippen molar-refractivity contribution in [1.29, 1.82) is 0 Å². The Bertz CT molecular complexity index is 1270. The average molecular weight is 462 g/mol. The number of aryl methyl sites for hydroxylation is 1. The van der Waals surface area contributed by atoms with Crippen molar-refractivity contribution >= 4 is 38.9 Å². The Morgan fingerprint density at radius 3 is 2.10 bits per heavy atom. The van der Waals surface area contributed by atoms with Gasteiger partial charge in [-0.15, -0.1) is 0 Å². The molecular formula is C22H24ClN3O4S. The predicted molar refractivity (Wildman–Crippen MR) is 122 cm³/mol. The maximum atomic E-state index is 13.3. The Labute approximate surface area is 186 Å². The number of sulfonamides is 1. The highest BCUT2D eigenvalue weighted by molar-refractivity contribution is 7.92. The molecule has 0 saturated heterocycles. The number of hydrogen-bond donors (Lipinski definition) is 2. The number of carbonyl (C=O) groups is 1. The van der Waals surface area contributed by atoms with Gasteiger partial charge in [0.05, 0.1) is 21.8 Å². The van der Waals surface area contributed by atoms with E-state index in [1.165, 1.54) is 18.3 Å². The number of nitrogens with zero attached hydrogens (tertiary/aromatic N) is 1. The summed E-state index contributed by atoms with van der Waals surface area (Å²) in [5, 5.41) is 6.49. The molecule has 2 N–H and O–H groups in total. The Kier molecular flexibility index (Phi) is 6.16. The van der Waals surface area contributed by atoms with Crippen LogP contribution in [-0.2, 0) is 10.0 Å². The van der Waals surface area contributed by atoms with Crippen LogP contribution in [-0.4, -0.2) is 19.5 Å². The van der Waals surface area contributed by atoms with Crippen molar-refractivity contribution in [2.45, 2.75) is 46.4 Å². The van der Waals surface area contributed by atoms with Crippen LogP contribution < -0.4 is 10.0 Å². The van der Waals surface area contributed by atoms with Gasteiger partial charge in [0.25, 0.3) is 15.9 Å². The highest BCUT2D eigenvalue weighted by Crippen LogP contribution is 2.33. The fourth-order valence-corrected chi connectivity index (χ4v) is 5.35. The highest BCUT2D eigenvalue weighted by Gasteiger charge is 2.25. The third-order valence-corrected chi connectivity index (χ3v) is 7.63. The average Bonchev–Trinajstić information content (AvgIpc) is 3.13. The van der Waals surface area contributed by atoms with Gasteiger partial charge < -0.3 is 9.84 Å². The number of carbonyl (C=O) groups excluding carboxylic acids is 1. The monoisotopic (exact) mass is 461 g/mol. The zero-order chi connectivity index (χ0) is 23.1. The zero-order valence-corrected chi connectivity index (χ0v) is 19.7. The van der Waals surface area contributed by atoms with Gasteiger partial charge in [0.15, 0.2) is 0 Å². The molecule has 31 heavy (non-hydrogen) atoms. The maximum Gasteiger partial charge on any atom is 0.262 e. The summed E-state index contributed by atoms with van der Waals surface area (Å²) in [6.07, 6.45) is 1.32. The fourth-order valence-electron chi connectivity index (χ4n) is 3.46. The first kappa shape index (κ1) is 22.8. The summed E-state index contributed by atoms with van der Waals surface area (Å²) >= 11 is 6.25. The molecule has 3 aromatic rings. The summed E-state index contributed by atoms with van der Waals surface area (Å²) in [6, 6.07) is 4.57. The van der Waals surface area contributed by atoms with Crippen LogP contribution in [0.3, 0.4) is 0 Å². The van der Waals surface area contributed by atoms with E-state index < -0.39 is 15.9 Å². The lowest BCUT2D eigenvalue weighted by Gasteiger charge is -2.20. The molecule has 1 heterocycles. The van der Waals surface area contributed by atoms with E-state index >= 15 is 0 Å². The number of hydrogen-bond acceptors (Lipinski definition) is 5. The molecule has 0 fully saturated rings. The van der Waals surface area contributed by atoms with E-state index in [0.29, 0.717) is 22.6 Å². The van der Waals surface area contributed by atoms with E-state index in [1.54, 1.807) is 26.8 Å².